The molecule has 3 atom stereocenters. The van der Waals surface area contributed by atoms with Gasteiger partial charge in [0.1, 0.15) is 5.41 Å². The summed E-state index contributed by atoms with van der Waals surface area (Å²) in [6.45, 7) is 5.30. The van der Waals surface area contributed by atoms with E-state index in [0.717, 1.165) is 31.3 Å². The molecule has 3 rings (SSSR count). The second-order valence-electron chi connectivity index (χ2n) is 6.68. The zero-order valence-electron chi connectivity index (χ0n) is 13.1. The van der Waals surface area contributed by atoms with Gasteiger partial charge in [-0.3, -0.25) is 9.59 Å². The first-order chi connectivity index (χ1) is 10.6. The smallest absolute Gasteiger partial charge is 0.319 e. The quantitative estimate of drug-likeness (QED) is 0.453. The van der Waals surface area contributed by atoms with E-state index >= 15 is 0 Å². The summed E-state index contributed by atoms with van der Waals surface area (Å²) in [6.07, 6.45) is 4.14. The second kappa shape index (κ2) is 6.13. The van der Waals surface area contributed by atoms with Gasteiger partial charge in [0.2, 0.25) is 0 Å². The lowest BCUT2D eigenvalue weighted by Crippen LogP contribution is -2.55. The molecular weight excluding hydrogens is 284 g/mol. The van der Waals surface area contributed by atoms with Crippen molar-refractivity contribution in [3.8, 4) is 0 Å². The van der Waals surface area contributed by atoms with Crippen LogP contribution in [0.15, 0.2) is 12.2 Å². The van der Waals surface area contributed by atoms with Crippen molar-refractivity contribution < 1.29 is 23.8 Å². The van der Waals surface area contributed by atoms with Crippen molar-refractivity contribution in [3.05, 3.63) is 12.2 Å². The Bertz CT molecular complexity index is 479. The molecule has 2 saturated carbocycles. The Labute approximate surface area is 131 Å². The van der Waals surface area contributed by atoms with E-state index in [-0.39, 0.29) is 29.9 Å². The number of Topliss-reactive ketones (excluding diaryl/α,β-unsaturated/α-hetero) is 1. The maximum Gasteiger partial charge on any atom is 0.319 e. The largest absolute Gasteiger partial charge is 0.468 e. The lowest BCUT2D eigenvalue weighted by atomic mass is 9.54. The Hall–Kier alpha value is -1.20. The van der Waals surface area contributed by atoms with Crippen LogP contribution in [0.3, 0.4) is 0 Å². The molecule has 1 aliphatic heterocycles. The summed E-state index contributed by atoms with van der Waals surface area (Å²) in [6, 6.07) is 0. The molecule has 0 unspecified atom stereocenters. The number of ketones is 1. The Morgan fingerprint density at radius 2 is 2.05 bits per heavy atom. The van der Waals surface area contributed by atoms with Gasteiger partial charge < -0.3 is 14.2 Å². The van der Waals surface area contributed by atoms with Gasteiger partial charge in [0, 0.05) is 5.92 Å². The highest BCUT2D eigenvalue weighted by molar-refractivity contribution is 6.07. The van der Waals surface area contributed by atoms with Crippen molar-refractivity contribution in [1.82, 2.24) is 0 Å². The molecule has 0 N–H and O–H groups in total. The average molecular weight is 308 g/mol. The fourth-order valence-corrected chi connectivity index (χ4v) is 4.41. The summed E-state index contributed by atoms with van der Waals surface area (Å²) >= 11 is 0. The van der Waals surface area contributed by atoms with Gasteiger partial charge in [-0.1, -0.05) is 12.2 Å². The number of fused-ring (bicyclic) bond motifs is 2. The molecule has 3 fully saturated rings. The number of hydrogen-bond acceptors (Lipinski definition) is 5. The lowest BCUT2D eigenvalue weighted by molar-refractivity contribution is -0.170. The van der Waals surface area contributed by atoms with Gasteiger partial charge in [-0.2, -0.15) is 0 Å². The van der Waals surface area contributed by atoms with Crippen LogP contribution in [0.5, 0.6) is 0 Å². The number of allylic oxidation sites excluding steroid dienone is 1. The molecule has 0 aromatic carbocycles. The average Bonchev–Trinajstić information content (AvgIpc) is 3.01. The highest BCUT2D eigenvalue weighted by atomic mass is 16.7. The van der Waals surface area contributed by atoms with Gasteiger partial charge in [-0.15, -0.1) is 0 Å². The fraction of sp³-hybridized carbons (Fsp3) is 0.765. The van der Waals surface area contributed by atoms with Crippen LogP contribution in [0.25, 0.3) is 0 Å². The molecule has 0 aromatic rings. The summed E-state index contributed by atoms with van der Waals surface area (Å²) in [4.78, 5) is 25.4. The SMILES string of the molecule is C=C1C[C@H]2CC[C@@H](CCC3OCCO3)[C@@](C(=O)OC)(C1)C2=O. The van der Waals surface area contributed by atoms with Crippen LogP contribution in [-0.4, -0.2) is 38.4 Å². The summed E-state index contributed by atoms with van der Waals surface area (Å²) in [5, 5.41) is 0. The van der Waals surface area contributed by atoms with Crippen molar-refractivity contribution in [2.45, 2.75) is 44.8 Å². The van der Waals surface area contributed by atoms with Crippen LogP contribution < -0.4 is 0 Å². The van der Waals surface area contributed by atoms with E-state index in [1.807, 2.05) is 0 Å². The minimum Gasteiger partial charge on any atom is -0.468 e. The standard InChI is InChI=1S/C17H24O5/c1-11-9-12-3-4-13(5-6-14-21-7-8-22-14)17(10-11,15(12)18)16(19)20-2/h12-14H,1,3-10H2,2H3/t12-,13+,17+/m1/s1. The maximum absolute atomic E-state index is 12.9. The number of carbonyl (C=O) groups is 2. The van der Waals surface area contributed by atoms with Crippen molar-refractivity contribution in [1.29, 1.82) is 0 Å². The summed E-state index contributed by atoms with van der Waals surface area (Å²) in [5.41, 5.74) is -0.0286. The number of ether oxygens (including phenoxy) is 3. The monoisotopic (exact) mass is 308 g/mol. The third kappa shape index (κ3) is 2.50. The zero-order valence-corrected chi connectivity index (χ0v) is 13.1. The molecule has 2 bridgehead atoms. The Morgan fingerprint density at radius 1 is 1.32 bits per heavy atom. The van der Waals surface area contributed by atoms with E-state index in [4.69, 9.17) is 14.2 Å². The third-order valence-electron chi connectivity index (χ3n) is 5.43. The van der Waals surface area contributed by atoms with Crippen LogP contribution in [-0.2, 0) is 23.8 Å². The van der Waals surface area contributed by atoms with E-state index in [0.29, 0.717) is 26.1 Å². The van der Waals surface area contributed by atoms with Crippen molar-refractivity contribution >= 4 is 11.8 Å². The molecule has 0 radical (unpaired) electrons. The maximum atomic E-state index is 12.9. The number of methoxy groups -OCH3 is 1. The van der Waals surface area contributed by atoms with E-state index in [1.165, 1.54) is 7.11 Å². The molecular formula is C17H24O5. The second-order valence-corrected chi connectivity index (χ2v) is 6.68. The highest BCUT2D eigenvalue weighted by Gasteiger charge is 2.59. The summed E-state index contributed by atoms with van der Waals surface area (Å²) in [5.74, 6) is -0.387. The summed E-state index contributed by atoms with van der Waals surface area (Å²) in [7, 11) is 1.37. The molecule has 1 saturated heterocycles. The molecule has 1 heterocycles. The van der Waals surface area contributed by atoms with Gasteiger partial charge in [0.15, 0.2) is 12.1 Å². The van der Waals surface area contributed by atoms with E-state index in [2.05, 4.69) is 6.58 Å². The van der Waals surface area contributed by atoms with Crippen LogP contribution in [0.1, 0.15) is 38.5 Å². The van der Waals surface area contributed by atoms with Crippen LogP contribution in [0, 0.1) is 17.3 Å². The third-order valence-corrected chi connectivity index (χ3v) is 5.43. The van der Waals surface area contributed by atoms with Gasteiger partial charge in [-0.05, 0) is 44.4 Å². The fourth-order valence-electron chi connectivity index (χ4n) is 4.41. The molecule has 5 heteroatoms. The zero-order chi connectivity index (χ0) is 15.7. The number of rotatable bonds is 4. The predicted octanol–water partition coefficient (Wildman–Crippen LogP) is 2.24. The van der Waals surface area contributed by atoms with Crippen molar-refractivity contribution in [3.63, 3.8) is 0 Å². The van der Waals surface area contributed by atoms with Crippen LogP contribution >= 0.6 is 0 Å². The Balaban J connectivity index is 1.81. The molecule has 0 aromatic heterocycles. The van der Waals surface area contributed by atoms with Crippen LogP contribution in [0.4, 0.5) is 0 Å². The summed E-state index contributed by atoms with van der Waals surface area (Å²) < 4.78 is 16.0. The number of esters is 1. The Kier molecular flexibility index (Phi) is 4.37. The topological polar surface area (TPSA) is 61.8 Å². The van der Waals surface area contributed by atoms with E-state index in [9.17, 15) is 9.59 Å². The Morgan fingerprint density at radius 3 is 2.73 bits per heavy atom. The van der Waals surface area contributed by atoms with Crippen molar-refractivity contribution in [2.75, 3.05) is 20.3 Å². The minimum absolute atomic E-state index is 0.00597. The van der Waals surface area contributed by atoms with Gasteiger partial charge >= 0.3 is 5.97 Å². The molecule has 0 spiro atoms. The highest BCUT2D eigenvalue weighted by Crippen LogP contribution is 2.53. The van der Waals surface area contributed by atoms with Gasteiger partial charge in [0.25, 0.3) is 0 Å². The van der Waals surface area contributed by atoms with Gasteiger partial charge in [-0.25, -0.2) is 0 Å². The minimum atomic E-state index is -1.02. The number of hydrogen-bond donors (Lipinski definition) is 0. The molecule has 122 valence electrons. The van der Waals surface area contributed by atoms with Crippen molar-refractivity contribution in [2.24, 2.45) is 17.3 Å². The van der Waals surface area contributed by atoms with E-state index in [1.54, 1.807) is 0 Å². The van der Waals surface area contributed by atoms with Gasteiger partial charge in [0.05, 0.1) is 20.3 Å². The normalized spacial score (nSPS) is 35.7. The predicted molar refractivity (Wildman–Crippen MR) is 79.0 cm³/mol. The lowest BCUT2D eigenvalue weighted by Gasteiger charge is -2.47. The number of carbonyl (C=O) groups excluding carboxylic acids is 2. The molecule has 22 heavy (non-hydrogen) atoms. The first-order valence-corrected chi connectivity index (χ1v) is 8.10. The first-order valence-electron chi connectivity index (χ1n) is 8.10. The van der Waals surface area contributed by atoms with Crippen LogP contribution in [0.2, 0.25) is 0 Å². The molecule has 5 nitrogen and oxygen atoms in total. The van der Waals surface area contributed by atoms with E-state index < -0.39 is 5.41 Å². The molecule has 2 aliphatic carbocycles. The molecule has 0 amide bonds. The molecule has 3 aliphatic rings. The first kappa shape index (κ1) is 15.7.